The second kappa shape index (κ2) is 4.43. The summed E-state index contributed by atoms with van der Waals surface area (Å²) in [5.41, 5.74) is 5.27. The number of nitrogen functional groups attached to an aromatic ring is 1. The summed E-state index contributed by atoms with van der Waals surface area (Å²) in [5, 5.41) is 0. The van der Waals surface area contributed by atoms with Crippen LogP contribution in [0.2, 0.25) is 0 Å². The van der Waals surface area contributed by atoms with Gasteiger partial charge in [0.15, 0.2) is 0 Å². The summed E-state index contributed by atoms with van der Waals surface area (Å²) in [7, 11) is -3.73. The fourth-order valence-corrected chi connectivity index (χ4v) is 3.99. The lowest BCUT2D eigenvalue weighted by molar-refractivity contribution is 0.0996. The molecule has 2 fully saturated rings. The van der Waals surface area contributed by atoms with Crippen molar-refractivity contribution in [3.8, 4) is 0 Å². The first-order valence-electron chi connectivity index (χ1n) is 6.18. The summed E-state index contributed by atoms with van der Waals surface area (Å²) in [4.78, 5) is -0.109. The Labute approximate surface area is 111 Å². The maximum absolute atomic E-state index is 13.3. The van der Waals surface area contributed by atoms with Crippen molar-refractivity contribution < 1.29 is 17.5 Å². The zero-order chi connectivity index (χ0) is 13.6. The quantitative estimate of drug-likeness (QED) is 0.812. The number of hydrogen-bond donors (Lipinski definition) is 2. The molecule has 19 heavy (non-hydrogen) atoms. The van der Waals surface area contributed by atoms with Crippen LogP contribution >= 0.6 is 0 Å². The van der Waals surface area contributed by atoms with Crippen molar-refractivity contribution >= 4 is 15.7 Å². The van der Waals surface area contributed by atoms with Crippen LogP contribution in [0.15, 0.2) is 23.1 Å². The molecule has 2 aliphatic heterocycles. The lowest BCUT2D eigenvalue weighted by atomic mass is 9.96. The molecule has 104 valence electrons. The maximum atomic E-state index is 13.3. The fraction of sp³-hybridized carbons (Fsp3) is 0.500. The van der Waals surface area contributed by atoms with E-state index in [9.17, 15) is 12.8 Å². The normalized spacial score (nSPS) is 29.8. The molecule has 0 aromatic heterocycles. The van der Waals surface area contributed by atoms with E-state index in [2.05, 4.69) is 4.72 Å². The molecule has 2 saturated heterocycles. The van der Waals surface area contributed by atoms with Crippen molar-refractivity contribution in [2.75, 3.05) is 5.73 Å². The molecule has 0 spiro atoms. The van der Waals surface area contributed by atoms with Crippen LogP contribution in [-0.2, 0) is 14.8 Å². The molecule has 0 amide bonds. The van der Waals surface area contributed by atoms with Crippen LogP contribution in [0.3, 0.4) is 0 Å². The molecule has 3 unspecified atom stereocenters. The van der Waals surface area contributed by atoms with Gasteiger partial charge in [-0.1, -0.05) is 0 Å². The Balaban J connectivity index is 1.80. The van der Waals surface area contributed by atoms with Crippen LogP contribution in [0.5, 0.6) is 0 Å². The Morgan fingerprint density at radius 3 is 2.74 bits per heavy atom. The Hall–Kier alpha value is -1.18. The van der Waals surface area contributed by atoms with Crippen LogP contribution in [-0.4, -0.2) is 26.7 Å². The largest absolute Gasteiger partial charge is 0.396 e. The number of fused-ring (bicyclic) bond motifs is 2. The highest BCUT2D eigenvalue weighted by molar-refractivity contribution is 7.89. The monoisotopic (exact) mass is 286 g/mol. The maximum Gasteiger partial charge on any atom is 0.241 e. The first kappa shape index (κ1) is 12.8. The van der Waals surface area contributed by atoms with E-state index in [1.165, 1.54) is 12.1 Å². The predicted molar refractivity (Wildman–Crippen MR) is 67.4 cm³/mol. The van der Waals surface area contributed by atoms with Crippen molar-refractivity contribution in [3.05, 3.63) is 24.0 Å². The molecular formula is C12H15FN2O3S. The number of ether oxygens (including phenoxy) is 1. The van der Waals surface area contributed by atoms with Gasteiger partial charge < -0.3 is 10.5 Å². The van der Waals surface area contributed by atoms with Gasteiger partial charge in [-0.3, -0.25) is 0 Å². The van der Waals surface area contributed by atoms with Crippen LogP contribution in [0.25, 0.3) is 0 Å². The minimum atomic E-state index is -3.73. The van der Waals surface area contributed by atoms with E-state index in [0.717, 1.165) is 18.9 Å². The summed E-state index contributed by atoms with van der Waals surface area (Å²) in [5.74, 6) is -0.730. The molecule has 0 saturated carbocycles. The molecule has 3 atom stereocenters. The molecule has 5 nitrogen and oxygen atoms in total. The zero-order valence-electron chi connectivity index (χ0n) is 10.2. The number of nitrogens with two attached hydrogens (primary N) is 1. The van der Waals surface area contributed by atoms with Gasteiger partial charge in [-0.25, -0.2) is 17.5 Å². The topological polar surface area (TPSA) is 81.4 Å². The van der Waals surface area contributed by atoms with Gasteiger partial charge in [0.25, 0.3) is 0 Å². The summed E-state index contributed by atoms with van der Waals surface area (Å²) in [6, 6.07) is 3.27. The SMILES string of the molecule is Nc1ccc(S(=O)(=O)NC2CC3CCC2O3)cc1F. The molecule has 3 N–H and O–H groups in total. The number of benzene rings is 1. The Bertz CT molecular complexity index is 605. The van der Waals surface area contributed by atoms with Crippen molar-refractivity contribution in [1.82, 2.24) is 4.72 Å². The molecule has 3 rings (SSSR count). The van der Waals surface area contributed by atoms with Crippen LogP contribution in [0.1, 0.15) is 19.3 Å². The second-order valence-corrected chi connectivity index (χ2v) is 6.73. The first-order valence-corrected chi connectivity index (χ1v) is 7.67. The van der Waals surface area contributed by atoms with E-state index >= 15 is 0 Å². The lowest BCUT2D eigenvalue weighted by Gasteiger charge is -2.20. The Kier molecular flexibility index (Phi) is 2.99. The van der Waals surface area contributed by atoms with Gasteiger partial charge in [0, 0.05) is 0 Å². The molecule has 0 aliphatic carbocycles. The van der Waals surface area contributed by atoms with Crippen molar-refractivity contribution in [3.63, 3.8) is 0 Å². The highest BCUT2D eigenvalue weighted by atomic mass is 32.2. The minimum absolute atomic E-state index is 0.0570. The molecule has 0 radical (unpaired) electrons. The van der Waals surface area contributed by atoms with Crippen molar-refractivity contribution in [2.24, 2.45) is 0 Å². The standard InChI is InChI=1S/C12H15FN2O3S/c13-9-6-8(2-3-10(9)14)19(16,17)15-11-5-7-1-4-12(11)18-7/h2-3,6-7,11-12,15H,1,4-5,14H2. The average molecular weight is 286 g/mol. The highest BCUT2D eigenvalue weighted by Crippen LogP contribution is 2.35. The molecule has 2 heterocycles. The molecule has 1 aromatic rings. The van der Waals surface area contributed by atoms with Gasteiger partial charge in [-0.2, -0.15) is 0 Å². The van der Waals surface area contributed by atoms with E-state index < -0.39 is 15.8 Å². The third-order valence-corrected chi connectivity index (χ3v) is 5.18. The van der Waals surface area contributed by atoms with Crippen molar-refractivity contribution in [2.45, 2.75) is 42.4 Å². The van der Waals surface area contributed by atoms with Crippen LogP contribution in [0, 0.1) is 5.82 Å². The predicted octanol–water partition coefficient (Wildman–Crippen LogP) is 1.01. The fourth-order valence-electron chi connectivity index (χ4n) is 2.70. The number of rotatable bonds is 3. The summed E-state index contributed by atoms with van der Waals surface area (Å²) < 4.78 is 45.8. The summed E-state index contributed by atoms with van der Waals surface area (Å²) >= 11 is 0. The van der Waals surface area contributed by atoms with E-state index in [-0.39, 0.29) is 28.8 Å². The molecule has 2 aliphatic rings. The summed E-state index contributed by atoms with van der Waals surface area (Å²) in [6.45, 7) is 0. The van der Waals surface area contributed by atoms with Gasteiger partial charge in [-0.15, -0.1) is 0 Å². The van der Waals surface area contributed by atoms with E-state index in [1.807, 2.05) is 0 Å². The number of halogens is 1. The zero-order valence-corrected chi connectivity index (χ0v) is 11.0. The third kappa shape index (κ3) is 2.33. The first-order chi connectivity index (χ1) is 8.95. The smallest absolute Gasteiger partial charge is 0.241 e. The number of sulfonamides is 1. The third-order valence-electron chi connectivity index (χ3n) is 3.69. The van der Waals surface area contributed by atoms with E-state index in [0.29, 0.717) is 6.42 Å². The highest BCUT2D eigenvalue weighted by Gasteiger charge is 2.42. The number of hydrogen-bond acceptors (Lipinski definition) is 4. The van der Waals surface area contributed by atoms with E-state index in [1.54, 1.807) is 0 Å². The van der Waals surface area contributed by atoms with Crippen LogP contribution < -0.4 is 10.5 Å². The van der Waals surface area contributed by atoms with Gasteiger partial charge in [-0.05, 0) is 37.5 Å². The van der Waals surface area contributed by atoms with Crippen molar-refractivity contribution in [1.29, 1.82) is 0 Å². The van der Waals surface area contributed by atoms with Gasteiger partial charge in [0.1, 0.15) is 5.82 Å². The average Bonchev–Trinajstić information content (AvgIpc) is 2.94. The Morgan fingerprint density at radius 2 is 2.16 bits per heavy atom. The molecular weight excluding hydrogens is 271 g/mol. The lowest BCUT2D eigenvalue weighted by Crippen LogP contribution is -2.41. The van der Waals surface area contributed by atoms with Gasteiger partial charge in [0.2, 0.25) is 10.0 Å². The molecule has 1 aromatic carbocycles. The Morgan fingerprint density at radius 1 is 1.37 bits per heavy atom. The van der Waals surface area contributed by atoms with Gasteiger partial charge in [0.05, 0.1) is 28.8 Å². The molecule has 7 heteroatoms. The van der Waals surface area contributed by atoms with Gasteiger partial charge >= 0.3 is 0 Å². The van der Waals surface area contributed by atoms with Crippen LogP contribution in [0.4, 0.5) is 10.1 Å². The van der Waals surface area contributed by atoms with E-state index in [4.69, 9.17) is 10.5 Å². The molecule has 2 bridgehead atoms. The number of nitrogens with one attached hydrogen (secondary N) is 1. The number of anilines is 1. The minimum Gasteiger partial charge on any atom is -0.396 e. The second-order valence-electron chi connectivity index (χ2n) is 5.02. The summed E-state index contributed by atoms with van der Waals surface area (Å²) in [6.07, 6.45) is 2.63.